The van der Waals surface area contributed by atoms with Gasteiger partial charge in [-0.3, -0.25) is 4.79 Å². The molecule has 1 aromatic carbocycles. The van der Waals surface area contributed by atoms with Crippen molar-refractivity contribution in [2.24, 2.45) is 5.92 Å². The van der Waals surface area contributed by atoms with Gasteiger partial charge < -0.3 is 68.9 Å². The third-order valence-electron chi connectivity index (χ3n) is 12.1. The second kappa shape index (κ2) is 24.9. The van der Waals surface area contributed by atoms with Gasteiger partial charge >= 0.3 is 11.9 Å². The van der Waals surface area contributed by atoms with E-state index in [1.807, 2.05) is 39.8 Å². The van der Waals surface area contributed by atoms with E-state index in [-0.39, 0.29) is 47.3 Å². The molecule has 13 atom stereocenters. The van der Waals surface area contributed by atoms with Gasteiger partial charge in [0.2, 0.25) is 0 Å². The highest BCUT2D eigenvalue weighted by molar-refractivity contribution is 6.39. The number of rotatable bonds is 13. The van der Waals surface area contributed by atoms with Gasteiger partial charge in [-0.2, -0.15) is 0 Å². The number of phenols is 2. The summed E-state index contributed by atoms with van der Waals surface area (Å²) in [4.78, 5) is 38.9. The number of Topliss-reactive ketones (excluding diaryl/α,β-unsaturated/α-hetero) is 1. The minimum absolute atomic E-state index is 0.0108. The van der Waals surface area contributed by atoms with Crippen molar-refractivity contribution in [1.29, 1.82) is 0 Å². The van der Waals surface area contributed by atoms with Gasteiger partial charge in [0.05, 0.1) is 41.1 Å². The number of aliphatic hydroxyl groups excluding tert-OH is 5. The van der Waals surface area contributed by atoms with Crippen molar-refractivity contribution in [2.45, 2.75) is 174 Å². The van der Waals surface area contributed by atoms with E-state index in [2.05, 4.69) is 0 Å². The molecule has 0 amide bonds. The number of ketones is 1. The summed E-state index contributed by atoms with van der Waals surface area (Å²) in [6, 6.07) is 0. The summed E-state index contributed by atoms with van der Waals surface area (Å²) >= 11 is 12.2. The number of halogens is 2. The van der Waals surface area contributed by atoms with Crippen LogP contribution in [0, 0.1) is 5.92 Å². The molecule has 0 spiro atoms. The second-order valence-electron chi connectivity index (χ2n) is 18.0. The molecule has 17 nitrogen and oxygen atoms in total. The zero-order valence-electron chi connectivity index (χ0n) is 40.2. The lowest BCUT2D eigenvalue weighted by molar-refractivity contribution is -0.336. The third kappa shape index (κ3) is 13.8. The Hall–Kier alpha value is -3.69. The Labute approximate surface area is 407 Å². The highest BCUT2D eigenvalue weighted by Gasteiger charge is 2.51. The van der Waals surface area contributed by atoms with E-state index in [9.17, 15) is 50.1 Å². The molecule has 3 heterocycles. The zero-order valence-corrected chi connectivity index (χ0v) is 41.7. The molecular formula is C49H68Cl2O17. The molecule has 19 heteroatoms. The van der Waals surface area contributed by atoms with Gasteiger partial charge in [-0.25, -0.2) is 9.59 Å². The van der Waals surface area contributed by atoms with Gasteiger partial charge in [0, 0.05) is 5.92 Å². The zero-order chi connectivity index (χ0) is 50.9. The average Bonchev–Trinajstić information content (AvgIpc) is 3.28. The number of benzene rings is 1. The maximum Gasteiger partial charge on any atom is 0.342 e. The average molecular weight is 1000 g/mol. The summed E-state index contributed by atoms with van der Waals surface area (Å²) in [5.41, 5.74) is 0.410. The van der Waals surface area contributed by atoms with E-state index in [4.69, 9.17) is 56.4 Å². The number of aliphatic hydroxyl groups is 5. The molecule has 4 rings (SSSR count). The maximum absolute atomic E-state index is 13.8. The van der Waals surface area contributed by atoms with Gasteiger partial charge in [0.15, 0.2) is 36.0 Å². The summed E-state index contributed by atoms with van der Waals surface area (Å²) in [5, 5.41) is 76.0. The molecule has 0 bridgehead atoms. The van der Waals surface area contributed by atoms with Crippen molar-refractivity contribution < 1.29 is 83.3 Å². The summed E-state index contributed by atoms with van der Waals surface area (Å²) in [6.07, 6.45) is -4.30. The Morgan fingerprint density at radius 3 is 2.15 bits per heavy atom. The van der Waals surface area contributed by atoms with Crippen LogP contribution in [0.1, 0.15) is 104 Å². The van der Waals surface area contributed by atoms with E-state index in [0.29, 0.717) is 29.6 Å². The lowest BCUT2D eigenvalue weighted by Gasteiger charge is -2.48. The van der Waals surface area contributed by atoms with Gasteiger partial charge in [-0.05, 0) is 103 Å². The van der Waals surface area contributed by atoms with Crippen LogP contribution in [0.5, 0.6) is 11.5 Å². The number of allylic oxidation sites excluding steroid dienone is 4. The lowest BCUT2D eigenvalue weighted by Crippen LogP contribution is -2.64. The van der Waals surface area contributed by atoms with Crippen molar-refractivity contribution >= 4 is 40.9 Å². The van der Waals surface area contributed by atoms with Crippen LogP contribution in [-0.4, -0.2) is 146 Å². The van der Waals surface area contributed by atoms with Crippen LogP contribution in [-0.2, 0) is 49.2 Å². The number of ether oxygens (including phenoxy) is 7. The topological polar surface area (TPSA) is 257 Å². The van der Waals surface area contributed by atoms with Crippen LogP contribution in [0.15, 0.2) is 58.7 Å². The SMILES string of the molecule is CCc1c(Cl)c(O)c(Cl)c(O)c1C(=O)OC1[C@@H](C)O[C@@H](OC/C2=C\C=C\CC(O)/C(C)=C/[C@H](CC)[C@@H](O[C@@H]3OC(C)(C)[C@@H](OCC(C)=O)[C@H](O)[C@@H]3O)/C(C)=C/C(C)=C/C(CC)OC2=O)[C@@H](O)[C@H]1O. The summed E-state index contributed by atoms with van der Waals surface area (Å²) < 4.78 is 41.6. The van der Waals surface area contributed by atoms with Crippen molar-refractivity contribution in [3.8, 4) is 11.5 Å². The Kier molecular flexibility index (Phi) is 20.9. The number of aromatic hydroxyl groups is 2. The minimum Gasteiger partial charge on any atom is -0.505 e. The van der Waals surface area contributed by atoms with Gasteiger partial charge in [0.1, 0.15) is 53.8 Å². The van der Waals surface area contributed by atoms with Gasteiger partial charge in [-0.15, -0.1) is 0 Å². The fourth-order valence-corrected chi connectivity index (χ4v) is 8.83. The van der Waals surface area contributed by atoms with Crippen molar-refractivity contribution in [2.75, 3.05) is 13.2 Å². The maximum atomic E-state index is 13.8. The Balaban J connectivity index is 1.57. The summed E-state index contributed by atoms with van der Waals surface area (Å²) in [5.74, 6) is -3.96. The Morgan fingerprint density at radius 2 is 1.53 bits per heavy atom. The van der Waals surface area contributed by atoms with Gasteiger partial charge in [-0.1, -0.05) is 73.9 Å². The van der Waals surface area contributed by atoms with Crippen LogP contribution in [0.4, 0.5) is 0 Å². The molecule has 68 heavy (non-hydrogen) atoms. The normalized spacial score (nSPS) is 35.5. The number of phenolic OH excluding ortho intramolecular Hbond substituents is 2. The largest absolute Gasteiger partial charge is 0.505 e. The second-order valence-corrected chi connectivity index (χ2v) is 18.7. The molecule has 3 aliphatic rings. The van der Waals surface area contributed by atoms with Crippen LogP contribution >= 0.6 is 23.2 Å². The number of carbonyl (C=O) groups excluding carboxylic acids is 3. The van der Waals surface area contributed by atoms with E-state index < -0.39 is 120 Å². The van der Waals surface area contributed by atoms with Crippen molar-refractivity contribution in [1.82, 2.24) is 0 Å². The number of esters is 2. The number of hydrogen-bond donors (Lipinski definition) is 7. The highest BCUT2D eigenvalue weighted by atomic mass is 35.5. The molecule has 2 fully saturated rings. The van der Waals surface area contributed by atoms with Crippen LogP contribution in [0.2, 0.25) is 10.0 Å². The first-order valence-electron chi connectivity index (χ1n) is 22.7. The molecule has 2 saturated heterocycles. The fraction of sp³-hybridized carbons (Fsp3) is 0.612. The standard InChI is InChI=1S/C49H68Cl2O17/c1-11-28-20-24(5)32(53)17-15-14-16-29(22-63-47-40(58)38(56)43(27(8)64-47)66-46(61)33-31(13-3)34(50)37(55)35(51)36(33)54)45(60)65-30(12-2)19-23(4)18-25(6)42(28)67-48-41(59)39(57)44(49(9,10)68-48)62-21-26(7)52/h14-16,18-20,27-28,30,32,38-44,47-48,53-59H,11-13,17,21-22H2,1-10H3/b15-14+,23-19+,24-20+,25-18+,29-16+/t27-,28+,30?,32?,38-,39-,40+,41+,42+,43?,44+,47-,48-/m1/s1. The third-order valence-corrected chi connectivity index (χ3v) is 12.9. The Bertz CT molecular complexity index is 2110. The molecule has 0 radical (unpaired) electrons. The van der Waals surface area contributed by atoms with E-state index in [1.165, 1.54) is 19.9 Å². The molecule has 3 unspecified atom stereocenters. The first-order chi connectivity index (χ1) is 31.9. The highest BCUT2D eigenvalue weighted by Crippen LogP contribution is 2.45. The Morgan fingerprint density at radius 1 is 0.868 bits per heavy atom. The number of hydrogen-bond acceptors (Lipinski definition) is 17. The molecule has 7 N–H and O–H groups in total. The molecule has 0 aromatic heterocycles. The lowest BCUT2D eigenvalue weighted by atomic mass is 9.88. The van der Waals surface area contributed by atoms with Crippen molar-refractivity contribution in [3.63, 3.8) is 0 Å². The van der Waals surface area contributed by atoms with Crippen LogP contribution in [0.25, 0.3) is 0 Å². The molecule has 3 aliphatic heterocycles. The molecular weight excluding hydrogens is 931 g/mol. The molecule has 380 valence electrons. The van der Waals surface area contributed by atoms with E-state index in [0.717, 1.165) is 0 Å². The van der Waals surface area contributed by atoms with Crippen LogP contribution < -0.4 is 0 Å². The predicted octanol–water partition coefficient (Wildman–Crippen LogP) is 5.63. The van der Waals surface area contributed by atoms with Crippen molar-refractivity contribution in [3.05, 3.63) is 79.9 Å². The molecule has 0 saturated carbocycles. The van der Waals surface area contributed by atoms with Crippen LogP contribution in [0.3, 0.4) is 0 Å². The number of carbonyl (C=O) groups is 3. The smallest absolute Gasteiger partial charge is 0.342 e. The van der Waals surface area contributed by atoms with E-state index in [1.54, 1.807) is 45.9 Å². The fourth-order valence-electron chi connectivity index (χ4n) is 8.27. The first-order valence-corrected chi connectivity index (χ1v) is 23.5. The quantitative estimate of drug-likeness (QED) is 0.0934. The monoisotopic (exact) mass is 998 g/mol. The number of cyclic esters (lactones) is 1. The molecule has 1 aromatic rings. The predicted molar refractivity (Wildman–Crippen MR) is 250 cm³/mol. The van der Waals surface area contributed by atoms with Gasteiger partial charge in [0.25, 0.3) is 0 Å². The summed E-state index contributed by atoms with van der Waals surface area (Å²) in [6.45, 7) is 16.2. The molecule has 0 aliphatic carbocycles. The summed E-state index contributed by atoms with van der Waals surface area (Å²) in [7, 11) is 0. The minimum atomic E-state index is -1.81. The van der Waals surface area contributed by atoms with E-state index >= 15 is 0 Å². The first kappa shape index (κ1) is 56.9.